The van der Waals surface area contributed by atoms with Gasteiger partial charge in [0.15, 0.2) is 0 Å². The molecule has 0 fully saturated rings. The molecule has 0 atom stereocenters. The molecule has 0 saturated heterocycles. The smallest absolute Gasteiger partial charge is 0.257 e. The summed E-state index contributed by atoms with van der Waals surface area (Å²) in [7, 11) is 0. The molecule has 6 nitrogen and oxygen atoms in total. The Hall–Kier alpha value is -3.28. The van der Waals surface area contributed by atoms with Crippen LogP contribution < -0.4 is 10.6 Å². The van der Waals surface area contributed by atoms with E-state index < -0.39 is 0 Å². The van der Waals surface area contributed by atoms with Gasteiger partial charge in [0.25, 0.3) is 5.91 Å². The number of hydrogen-bond acceptors (Lipinski definition) is 5. The molecule has 3 rings (SSSR count). The molecule has 0 aliphatic rings. The van der Waals surface area contributed by atoms with Crippen molar-refractivity contribution in [2.24, 2.45) is 0 Å². The summed E-state index contributed by atoms with van der Waals surface area (Å²) in [6, 6.07) is 12.7. The fraction of sp³-hybridized carbons (Fsp3) is 0.0588. The fourth-order valence-electron chi connectivity index (χ4n) is 2.01. The standard InChI is InChI=1S/C17H15N5O/c1-12-9-16(20-11-19-12)21-14-4-6-15(7-5-14)22-17(23)13-3-2-8-18-10-13/h2-11H,1H3,(H,22,23)(H,19,20,21). The zero-order chi connectivity index (χ0) is 16.1. The highest BCUT2D eigenvalue weighted by Gasteiger charge is 2.05. The molecule has 0 saturated carbocycles. The largest absolute Gasteiger partial charge is 0.340 e. The van der Waals surface area contributed by atoms with E-state index in [4.69, 9.17) is 0 Å². The maximum absolute atomic E-state index is 12.0. The van der Waals surface area contributed by atoms with E-state index in [9.17, 15) is 4.79 Å². The first-order valence-corrected chi connectivity index (χ1v) is 7.08. The van der Waals surface area contributed by atoms with E-state index >= 15 is 0 Å². The minimum Gasteiger partial charge on any atom is -0.340 e. The van der Waals surface area contributed by atoms with E-state index in [0.717, 1.165) is 17.2 Å². The number of aromatic nitrogens is 3. The van der Waals surface area contributed by atoms with Crippen molar-refractivity contribution in [3.63, 3.8) is 0 Å². The van der Waals surface area contributed by atoms with Gasteiger partial charge in [0.1, 0.15) is 12.1 Å². The third-order valence-electron chi connectivity index (χ3n) is 3.14. The molecule has 0 aliphatic heterocycles. The van der Waals surface area contributed by atoms with Crippen LogP contribution in [0.4, 0.5) is 17.2 Å². The number of benzene rings is 1. The highest BCUT2D eigenvalue weighted by atomic mass is 16.1. The summed E-state index contributed by atoms with van der Waals surface area (Å²) in [5, 5.41) is 6.01. The molecular weight excluding hydrogens is 290 g/mol. The summed E-state index contributed by atoms with van der Waals surface area (Å²) in [6.07, 6.45) is 4.68. The van der Waals surface area contributed by atoms with Crippen molar-refractivity contribution in [3.05, 3.63) is 72.4 Å². The van der Waals surface area contributed by atoms with E-state index in [1.807, 2.05) is 37.3 Å². The van der Waals surface area contributed by atoms with Gasteiger partial charge >= 0.3 is 0 Å². The number of carbonyl (C=O) groups excluding carboxylic acids is 1. The summed E-state index contributed by atoms with van der Waals surface area (Å²) < 4.78 is 0. The number of nitrogens with one attached hydrogen (secondary N) is 2. The van der Waals surface area contributed by atoms with Gasteiger partial charge in [0, 0.05) is 35.5 Å². The van der Waals surface area contributed by atoms with E-state index in [1.54, 1.807) is 18.3 Å². The average molecular weight is 305 g/mol. The van der Waals surface area contributed by atoms with E-state index in [2.05, 4.69) is 25.6 Å². The summed E-state index contributed by atoms with van der Waals surface area (Å²) in [5.41, 5.74) is 3.00. The third kappa shape index (κ3) is 3.88. The van der Waals surface area contributed by atoms with E-state index in [-0.39, 0.29) is 5.91 Å². The van der Waals surface area contributed by atoms with Crippen LogP contribution in [0.5, 0.6) is 0 Å². The number of amides is 1. The third-order valence-corrected chi connectivity index (χ3v) is 3.14. The molecule has 2 aromatic heterocycles. The van der Waals surface area contributed by atoms with Gasteiger partial charge in [-0.15, -0.1) is 0 Å². The molecule has 114 valence electrons. The van der Waals surface area contributed by atoms with Crippen LogP contribution in [0.25, 0.3) is 0 Å². The van der Waals surface area contributed by atoms with Gasteiger partial charge in [0.05, 0.1) is 5.56 Å². The van der Waals surface area contributed by atoms with Crippen LogP contribution >= 0.6 is 0 Å². The number of nitrogens with zero attached hydrogens (tertiary/aromatic N) is 3. The van der Waals surface area contributed by atoms with Gasteiger partial charge in [-0.2, -0.15) is 0 Å². The molecule has 0 unspecified atom stereocenters. The number of hydrogen-bond donors (Lipinski definition) is 2. The van der Waals surface area contributed by atoms with Gasteiger partial charge in [-0.25, -0.2) is 9.97 Å². The number of anilines is 3. The minimum absolute atomic E-state index is 0.190. The van der Waals surface area contributed by atoms with Crippen molar-refractivity contribution < 1.29 is 4.79 Å². The fourth-order valence-corrected chi connectivity index (χ4v) is 2.01. The number of pyridine rings is 1. The molecule has 0 radical (unpaired) electrons. The predicted octanol–water partition coefficient (Wildman–Crippen LogP) is 3.18. The van der Waals surface area contributed by atoms with E-state index in [1.165, 1.54) is 12.5 Å². The van der Waals surface area contributed by atoms with Gasteiger partial charge < -0.3 is 10.6 Å². The van der Waals surface area contributed by atoms with Gasteiger partial charge in [-0.1, -0.05) is 0 Å². The monoisotopic (exact) mass is 305 g/mol. The normalized spacial score (nSPS) is 10.1. The first-order valence-electron chi connectivity index (χ1n) is 7.08. The lowest BCUT2D eigenvalue weighted by atomic mass is 10.2. The quantitative estimate of drug-likeness (QED) is 0.774. The molecule has 0 bridgehead atoms. The number of rotatable bonds is 4. The van der Waals surface area contributed by atoms with Crippen LogP contribution in [0.2, 0.25) is 0 Å². The Morgan fingerprint density at radius 2 is 1.83 bits per heavy atom. The Morgan fingerprint density at radius 3 is 2.52 bits per heavy atom. The molecule has 2 heterocycles. The van der Waals surface area contributed by atoms with Crippen LogP contribution in [0, 0.1) is 6.92 Å². The summed E-state index contributed by atoms with van der Waals surface area (Å²) >= 11 is 0. The first-order chi connectivity index (χ1) is 11.2. The van der Waals surface area contributed by atoms with E-state index in [0.29, 0.717) is 11.3 Å². The van der Waals surface area contributed by atoms with Crippen molar-refractivity contribution in [1.29, 1.82) is 0 Å². The molecule has 1 amide bonds. The molecule has 6 heteroatoms. The highest BCUT2D eigenvalue weighted by molar-refractivity contribution is 6.04. The zero-order valence-electron chi connectivity index (χ0n) is 12.5. The Bertz CT molecular complexity index is 803. The van der Waals surface area contributed by atoms with Gasteiger partial charge in [0.2, 0.25) is 0 Å². The van der Waals surface area contributed by atoms with Gasteiger partial charge in [-0.05, 0) is 43.3 Å². The zero-order valence-corrected chi connectivity index (χ0v) is 12.5. The SMILES string of the molecule is Cc1cc(Nc2ccc(NC(=O)c3cccnc3)cc2)ncn1. The number of carbonyl (C=O) groups is 1. The summed E-state index contributed by atoms with van der Waals surface area (Å²) in [5.74, 6) is 0.537. The lowest BCUT2D eigenvalue weighted by Crippen LogP contribution is -2.11. The van der Waals surface area contributed by atoms with Crippen LogP contribution in [0.1, 0.15) is 16.1 Å². The van der Waals surface area contributed by atoms with Crippen molar-refractivity contribution >= 4 is 23.1 Å². The Balaban J connectivity index is 1.66. The molecule has 23 heavy (non-hydrogen) atoms. The molecule has 0 aliphatic carbocycles. The lowest BCUT2D eigenvalue weighted by Gasteiger charge is -2.08. The maximum atomic E-state index is 12.0. The highest BCUT2D eigenvalue weighted by Crippen LogP contribution is 2.18. The van der Waals surface area contributed by atoms with Crippen molar-refractivity contribution in [1.82, 2.24) is 15.0 Å². The van der Waals surface area contributed by atoms with Crippen LogP contribution in [0.15, 0.2) is 61.2 Å². The first kappa shape index (κ1) is 14.6. The summed E-state index contributed by atoms with van der Waals surface area (Å²) in [6.45, 7) is 1.91. The Labute approximate surface area is 133 Å². The predicted molar refractivity (Wildman–Crippen MR) is 88.7 cm³/mol. The minimum atomic E-state index is -0.190. The van der Waals surface area contributed by atoms with Crippen molar-refractivity contribution in [3.8, 4) is 0 Å². The molecule has 1 aromatic carbocycles. The Kier molecular flexibility index (Phi) is 4.24. The summed E-state index contributed by atoms with van der Waals surface area (Å²) in [4.78, 5) is 24.2. The topological polar surface area (TPSA) is 79.8 Å². The van der Waals surface area contributed by atoms with Crippen molar-refractivity contribution in [2.45, 2.75) is 6.92 Å². The second-order valence-electron chi connectivity index (χ2n) is 4.94. The Morgan fingerprint density at radius 1 is 1.04 bits per heavy atom. The molecular formula is C17H15N5O. The molecule has 0 spiro atoms. The van der Waals surface area contributed by atoms with Crippen molar-refractivity contribution in [2.75, 3.05) is 10.6 Å². The van der Waals surface area contributed by atoms with Crippen LogP contribution in [-0.2, 0) is 0 Å². The maximum Gasteiger partial charge on any atom is 0.257 e. The lowest BCUT2D eigenvalue weighted by molar-refractivity contribution is 0.102. The average Bonchev–Trinajstić information content (AvgIpc) is 2.57. The van der Waals surface area contributed by atoms with Crippen LogP contribution in [-0.4, -0.2) is 20.9 Å². The van der Waals surface area contributed by atoms with Crippen LogP contribution in [0.3, 0.4) is 0 Å². The van der Waals surface area contributed by atoms with Gasteiger partial charge in [-0.3, -0.25) is 9.78 Å². The molecule has 2 N–H and O–H groups in total. The second-order valence-corrected chi connectivity index (χ2v) is 4.94. The second kappa shape index (κ2) is 6.65. The molecule has 3 aromatic rings. The number of aryl methyl sites for hydroxylation is 1.